The van der Waals surface area contributed by atoms with Crippen LogP contribution in [0.4, 0.5) is 0 Å². The molecule has 1 aliphatic heterocycles. The van der Waals surface area contributed by atoms with Gasteiger partial charge in [0.1, 0.15) is 0 Å². The second-order valence-electron chi connectivity index (χ2n) is 5.79. The molecule has 1 saturated carbocycles. The van der Waals surface area contributed by atoms with E-state index >= 15 is 0 Å². The molecule has 18 heavy (non-hydrogen) atoms. The van der Waals surface area contributed by atoms with Gasteiger partial charge in [-0.3, -0.25) is 4.79 Å². The highest BCUT2D eigenvalue weighted by Crippen LogP contribution is 2.18. The standard InChI is InChI=1S/C14H27N3O/c1-3-8-17-9-6-13(7-10-17)15-11(2)14(18)16-12-4-5-12/h11-13,15H,3-10H2,1-2H3,(H,16,18). The van der Waals surface area contributed by atoms with Crippen LogP contribution in [0.15, 0.2) is 0 Å². The minimum atomic E-state index is -0.0478. The van der Waals surface area contributed by atoms with Crippen LogP contribution in [-0.4, -0.2) is 48.6 Å². The molecule has 0 bridgehead atoms. The topological polar surface area (TPSA) is 44.4 Å². The molecule has 2 N–H and O–H groups in total. The molecule has 0 spiro atoms. The Labute approximate surface area is 110 Å². The zero-order valence-corrected chi connectivity index (χ0v) is 11.7. The summed E-state index contributed by atoms with van der Waals surface area (Å²) < 4.78 is 0. The number of nitrogens with zero attached hydrogens (tertiary/aromatic N) is 1. The summed E-state index contributed by atoms with van der Waals surface area (Å²) in [6.07, 6.45) is 5.89. The van der Waals surface area contributed by atoms with Crippen LogP contribution in [0.25, 0.3) is 0 Å². The van der Waals surface area contributed by atoms with Gasteiger partial charge in [0.25, 0.3) is 0 Å². The minimum Gasteiger partial charge on any atom is -0.352 e. The van der Waals surface area contributed by atoms with E-state index in [1.165, 1.54) is 38.9 Å². The number of piperidine rings is 1. The van der Waals surface area contributed by atoms with Crippen LogP contribution < -0.4 is 10.6 Å². The molecule has 0 aromatic carbocycles. The van der Waals surface area contributed by atoms with Crippen LogP contribution >= 0.6 is 0 Å². The molecule has 1 amide bonds. The van der Waals surface area contributed by atoms with Crippen molar-refractivity contribution in [3.8, 4) is 0 Å². The van der Waals surface area contributed by atoms with Crippen molar-refractivity contribution in [2.24, 2.45) is 0 Å². The first-order valence-electron chi connectivity index (χ1n) is 7.47. The van der Waals surface area contributed by atoms with Gasteiger partial charge in [-0.2, -0.15) is 0 Å². The average molecular weight is 253 g/mol. The zero-order chi connectivity index (χ0) is 13.0. The molecule has 1 atom stereocenters. The van der Waals surface area contributed by atoms with Gasteiger partial charge in [-0.05, 0) is 58.7 Å². The first-order valence-corrected chi connectivity index (χ1v) is 7.47. The van der Waals surface area contributed by atoms with E-state index in [0.29, 0.717) is 12.1 Å². The lowest BCUT2D eigenvalue weighted by Gasteiger charge is -2.33. The Balaban J connectivity index is 1.65. The van der Waals surface area contributed by atoms with E-state index < -0.39 is 0 Å². The van der Waals surface area contributed by atoms with Gasteiger partial charge in [0.05, 0.1) is 6.04 Å². The summed E-state index contributed by atoms with van der Waals surface area (Å²) in [5.41, 5.74) is 0. The van der Waals surface area contributed by atoms with Crippen molar-refractivity contribution < 1.29 is 4.79 Å². The van der Waals surface area contributed by atoms with Crippen LogP contribution in [0.3, 0.4) is 0 Å². The molecular weight excluding hydrogens is 226 g/mol. The maximum atomic E-state index is 11.8. The molecule has 0 radical (unpaired) electrons. The Bertz CT molecular complexity index is 270. The Morgan fingerprint density at radius 3 is 2.44 bits per heavy atom. The highest BCUT2D eigenvalue weighted by atomic mass is 16.2. The van der Waals surface area contributed by atoms with E-state index in [9.17, 15) is 4.79 Å². The van der Waals surface area contributed by atoms with Gasteiger partial charge < -0.3 is 15.5 Å². The van der Waals surface area contributed by atoms with Crippen molar-refractivity contribution in [1.29, 1.82) is 0 Å². The number of likely N-dealkylation sites (tertiary alicyclic amines) is 1. The molecule has 2 fully saturated rings. The number of hydrogen-bond donors (Lipinski definition) is 2. The summed E-state index contributed by atoms with van der Waals surface area (Å²) in [6.45, 7) is 7.76. The monoisotopic (exact) mass is 253 g/mol. The van der Waals surface area contributed by atoms with Crippen molar-refractivity contribution in [1.82, 2.24) is 15.5 Å². The maximum absolute atomic E-state index is 11.8. The smallest absolute Gasteiger partial charge is 0.237 e. The van der Waals surface area contributed by atoms with Gasteiger partial charge in [-0.25, -0.2) is 0 Å². The van der Waals surface area contributed by atoms with Gasteiger partial charge in [0.2, 0.25) is 5.91 Å². The van der Waals surface area contributed by atoms with Crippen LogP contribution in [0.5, 0.6) is 0 Å². The molecule has 104 valence electrons. The minimum absolute atomic E-state index is 0.0478. The molecule has 1 heterocycles. The normalized spacial score (nSPS) is 23.9. The largest absolute Gasteiger partial charge is 0.352 e. The first-order chi connectivity index (χ1) is 8.69. The van der Waals surface area contributed by atoms with Gasteiger partial charge in [-0.15, -0.1) is 0 Å². The van der Waals surface area contributed by atoms with Crippen molar-refractivity contribution in [3.63, 3.8) is 0 Å². The van der Waals surface area contributed by atoms with Crippen LogP contribution in [-0.2, 0) is 4.79 Å². The highest BCUT2D eigenvalue weighted by molar-refractivity contribution is 5.81. The summed E-state index contributed by atoms with van der Waals surface area (Å²) in [5, 5.41) is 6.54. The third-order valence-corrected chi connectivity index (χ3v) is 3.93. The third kappa shape index (κ3) is 4.25. The SMILES string of the molecule is CCCN1CCC(NC(C)C(=O)NC2CC2)CC1. The molecule has 4 heteroatoms. The Hall–Kier alpha value is -0.610. The summed E-state index contributed by atoms with van der Waals surface area (Å²) in [4.78, 5) is 14.4. The van der Waals surface area contributed by atoms with Gasteiger partial charge in [0.15, 0.2) is 0 Å². The second-order valence-corrected chi connectivity index (χ2v) is 5.79. The lowest BCUT2D eigenvalue weighted by molar-refractivity contribution is -0.123. The molecule has 1 aliphatic carbocycles. The van der Waals surface area contributed by atoms with Gasteiger partial charge >= 0.3 is 0 Å². The third-order valence-electron chi connectivity index (χ3n) is 3.93. The quantitative estimate of drug-likeness (QED) is 0.745. The van der Waals surface area contributed by atoms with Crippen LogP contribution in [0, 0.1) is 0 Å². The average Bonchev–Trinajstić information content (AvgIpc) is 3.16. The van der Waals surface area contributed by atoms with Crippen LogP contribution in [0.1, 0.15) is 46.0 Å². The number of carbonyl (C=O) groups excluding carboxylic acids is 1. The van der Waals surface area contributed by atoms with Crippen molar-refractivity contribution in [2.45, 2.75) is 64.1 Å². The summed E-state index contributed by atoms with van der Waals surface area (Å²) in [6, 6.07) is 0.930. The molecule has 2 aliphatic rings. The molecule has 0 aromatic heterocycles. The Kier molecular flexibility index (Phi) is 5.01. The lowest BCUT2D eigenvalue weighted by Crippen LogP contribution is -2.50. The van der Waals surface area contributed by atoms with Crippen molar-refractivity contribution in [3.05, 3.63) is 0 Å². The molecule has 4 nitrogen and oxygen atoms in total. The Morgan fingerprint density at radius 2 is 1.89 bits per heavy atom. The van der Waals surface area contributed by atoms with Gasteiger partial charge in [0, 0.05) is 12.1 Å². The fourth-order valence-corrected chi connectivity index (χ4v) is 2.62. The van der Waals surface area contributed by atoms with E-state index in [-0.39, 0.29) is 11.9 Å². The number of carbonyl (C=O) groups is 1. The first kappa shape index (κ1) is 13.8. The number of rotatable bonds is 6. The van der Waals surface area contributed by atoms with Crippen molar-refractivity contribution in [2.75, 3.05) is 19.6 Å². The molecular formula is C14H27N3O. The summed E-state index contributed by atoms with van der Waals surface area (Å²) in [7, 11) is 0. The number of amides is 1. The Morgan fingerprint density at radius 1 is 1.22 bits per heavy atom. The lowest BCUT2D eigenvalue weighted by atomic mass is 10.0. The predicted molar refractivity (Wildman–Crippen MR) is 73.5 cm³/mol. The summed E-state index contributed by atoms with van der Waals surface area (Å²) in [5.74, 6) is 0.175. The number of hydrogen-bond acceptors (Lipinski definition) is 3. The molecule has 0 aromatic rings. The van der Waals surface area contributed by atoms with E-state index in [0.717, 1.165) is 12.8 Å². The molecule has 2 rings (SSSR count). The van der Waals surface area contributed by atoms with E-state index in [4.69, 9.17) is 0 Å². The zero-order valence-electron chi connectivity index (χ0n) is 11.7. The van der Waals surface area contributed by atoms with Crippen molar-refractivity contribution >= 4 is 5.91 Å². The van der Waals surface area contributed by atoms with E-state index in [1.54, 1.807) is 0 Å². The maximum Gasteiger partial charge on any atom is 0.237 e. The van der Waals surface area contributed by atoms with Crippen LogP contribution in [0.2, 0.25) is 0 Å². The fourth-order valence-electron chi connectivity index (χ4n) is 2.62. The molecule has 1 unspecified atom stereocenters. The molecule has 1 saturated heterocycles. The van der Waals surface area contributed by atoms with E-state index in [1.807, 2.05) is 6.92 Å². The fraction of sp³-hybridized carbons (Fsp3) is 0.929. The summed E-state index contributed by atoms with van der Waals surface area (Å²) >= 11 is 0. The van der Waals surface area contributed by atoms with E-state index in [2.05, 4.69) is 22.5 Å². The predicted octanol–water partition coefficient (Wildman–Crippen LogP) is 1.12. The highest BCUT2D eigenvalue weighted by Gasteiger charge is 2.27. The van der Waals surface area contributed by atoms with Gasteiger partial charge in [-0.1, -0.05) is 6.92 Å². The second kappa shape index (κ2) is 6.53. The number of nitrogens with one attached hydrogen (secondary N) is 2.